The Morgan fingerprint density at radius 3 is 2.24 bits per heavy atom. The molecule has 0 aliphatic rings. The van der Waals surface area contributed by atoms with Crippen molar-refractivity contribution < 1.29 is 9.84 Å². The molecule has 0 spiro atoms. The average molecular weight is 284 g/mol. The number of hydrogen-bond acceptors (Lipinski definition) is 2. The number of aliphatic hydroxyl groups is 1. The molecule has 0 bridgehead atoms. The zero-order valence-corrected chi connectivity index (χ0v) is 13.3. The highest BCUT2D eigenvalue weighted by atomic mass is 16.5. The van der Waals surface area contributed by atoms with Crippen LogP contribution in [0.1, 0.15) is 42.2 Å². The maximum absolute atomic E-state index is 10.4. The van der Waals surface area contributed by atoms with Gasteiger partial charge in [-0.3, -0.25) is 0 Å². The van der Waals surface area contributed by atoms with Gasteiger partial charge in [0, 0.05) is 0 Å². The predicted molar refractivity (Wildman–Crippen MR) is 86.8 cm³/mol. The fourth-order valence-corrected chi connectivity index (χ4v) is 2.29. The van der Waals surface area contributed by atoms with Crippen LogP contribution in [0.25, 0.3) is 0 Å². The van der Waals surface area contributed by atoms with Crippen LogP contribution < -0.4 is 4.74 Å². The number of benzene rings is 2. The molecule has 2 nitrogen and oxygen atoms in total. The van der Waals surface area contributed by atoms with Gasteiger partial charge in [-0.15, -0.1) is 0 Å². The Kier molecular flexibility index (Phi) is 5.03. The zero-order valence-electron chi connectivity index (χ0n) is 13.3. The Labute approximate surface area is 127 Å². The first-order valence-corrected chi connectivity index (χ1v) is 7.52. The lowest BCUT2D eigenvalue weighted by Gasteiger charge is -2.21. The molecule has 0 saturated heterocycles. The molecule has 0 fully saturated rings. The molecule has 0 radical (unpaired) electrons. The fourth-order valence-electron chi connectivity index (χ4n) is 2.29. The van der Waals surface area contributed by atoms with E-state index in [-0.39, 0.29) is 6.10 Å². The number of hydrogen-bond donors (Lipinski definition) is 1. The summed E-state index contributed by atoms with van der Waals surface area (Å²) >= 11 is 0. The van der Waals surface area contributed by atoms with Gasteiger partial charge in [0.15, 0.2) is 0 Å². The van der Waals surface area contributed by atoms with E-state index in [0.29, 0.717) is 0 Å². The number of aliphatic hydroxyl groups excluding tert-OH is 1. The Bertz CT molecular complexity index is 587. The van der Waals surface area contributed by atoms with Gasteiger partial charge in [-0.25, -0.2) is 0 Å². The standard InChI is InChI=1S/C19H24O2/c1-5-16-7-9-17(10-8-16)19(20)15(4)21-18-11-6-13(2)14(3)12-18/h6-12,15,19-20H,5H2,1-4H3. The average Bonchev–Trinajstić information content (AvgIpc) is 2.50. The van der Waals surface area contributed by atoms with Gasteiger partial charge < -0.3 is 9.84 Å². The van der Waals surface area contributed by atoms with Crippen LogP contribution in [0.2, 0.25) is 0 Å². The molecule has 0 heterocycles. The van der Waals surface area contributed by atoms with Crippen molar-refractivity contribution in [1.29, 1.82) is 0 Å². The van der Waals surface area contributed by atoms with Gasteiger partial charge >= 0.3 is 0 Å². The largest absolute Gasteiger partial charge is 0.488 e. The smallest absolute Gasteiger partial charge is 0.126 e. The van der Waals surface area contributed by atoms with E-state index in [4.69, 9.17) is 4.74 Å². The van der Waals surface area contributed by atoms with Crippen molar-refractivity contribution >= 4 is 0 Å². The van der Waals surface area contributed by atoms with Crippen molar-refractivity contribution in [2.75, 3.05) is 0 Å². The molecule has 0 amide bonds. The molecule has 1 N–H and O–H groups in total. The molecule has 0 aromatic heterocycles. The fraction of sp³-hybridized carbons (Fsp3) is 0.368. The van der Waals surface area contributed by atoms with Gasteiger partial charge in [-0.05, 0) is 61.6 Å². The first kappa shape index (κ1) is 15.6. The minimum atomic E-state index is -0.627. The van der Waals surface area contributed by atoms with Crippen LogP contribution in [0.5, 0.6) is 5.75 Å². The van der Waals surface area contributed by atoms with Gasteiger partial charge in [-0.2, -0.15) is 0 Å². The summed E-state index contributed by atoms with van der Waals surface area (Å²) in [5.74, 6) is 0.801. The Hall–Kier alpha value is -1.80. The molecule has 2 aromatic rings. The molecular formula is C19H24O2. The third kappa shape index (κ3) is 3.85. The van der Waals surface area contributed by atoms with E-state index in [1.54, 1.807) is 0 Å². The topological polar surface area (TPSA) is 29.5 Å². The molecule has 2 aromatic carbocycles. The van der Waals surface area contributed by atoms with Gasteiger partial charge in [0.05, 0.1) is 0 Å². The molecule has 21 heavy (non-hydrogen) atoms. The molecule has 0 aliphatic carbocycles. The van der Waals surface area contributed by atoms with E-state index in [2.05, 4.69) is 32.9 Å². The first-order chi connectivity index (χ1) is 10.0. The third-order valence-electron chi connectivity index (χ3n) is 3.97. The Morgan fingerprint density at radius 1 is 1.00 bits per heavy atom. The van der Waals surface area contributed by atoms with Crippen LogP contribution in [0, 0.1) is 13.8 Å². The van der Waals surface area contributed by atoms with E-state index in [1.165, 1.54) is 16.7 Å². The van der Waals surface area contributed by atoms with E-state index < -0.39 is 6.10 Å². The predicted octanol–water partition coefficient (Wildman–Crippen LogP) is 4.37. The summed E-state index contributed by atoms with van der Waals surface area (Å²) in [7, 11) is 0. The van der Waals surface area contributed by atoms with Crippen LogP contribution in [-0.2, 0) is 6.42 Å². The normalized spacial score (nSPS) is 13.8. The highest BCUT2D eigenvalue weighted by Gasteiger charge is 2.18. The van der Waals surface area contributed by atoms with Crippen LogP contribution in [-0.4, -0.2) is 11.2 Å². The quantitative estimate of drug-likeness (QED) is 0.883. The third-order valence-corrected chi connectivity index (χ3v) is 3.97. The molecule has 0 saturated carbocycles. The lowest BCUT2D eigenvalue weighted by Crippen LogP contribution is -2.21. The summed E-state index contributed by atoms with van der Waals surface area (Å²) in [5, 5.41) is 10.4. The minimum Gasteiger partial charge on any atom is -0.488 e. The van der Waals surface area contributed by atoms with Crippen molar-refractivity contribution in [3.8, 4) is 5.75 Å². The van der Waals surface area contributed by atoms with E-state index in [1.807, 2.05) is 37.3 Å². The van der Waals surface area contributed by atoms with Gasteiger partial charge in [-0.1, -0.05) is 37.3 Å². The first-order valence-electron chi connectivity index (χ1n) is 7.52. The molecule has 2 atom stereocenters. The van der Waals surface area contributed by atoms with Crippen molar-refractivity contribution in [3.63, 3.8) is 0 Å². The van der Waals surface area contributed by atoms with E-state index in [0.717, 1.165) is 17.7 Å². The number of ether oxygens (including phenoxy) is 1. The van der Waals surface area contributed by atoms with E-state index >= 15 is 0 Å². The Balaban J connectivity index is 2.07. The molecule has 2 rings (SSSR count). The van der Waals surface area contributed by atoms with Crippen molar-refractivity contribution in [3.05, 3.63) is 64.7 Å². The summed E-state index contributed by atoms with van der Waals surface area (Å²) < 4.78 is 5.87. The summed E-state index contributed by atoms with van der Waals surface area (Å²) in [6, 6.07) is 14.1. The van der Waals surface area contributed by atoms with Crippen LogP contribution in [0.4, 0.5) is 0 Å². The van der Waals surface area contributed by atoms with Gasteiger partial charge in [0.2, 0.25) is 0 Å². The van der Waals surface area contributed by atoms with Gasteiger partial charge in [0.1, 0.15) is 18.0 Å². The van der Waals surface area contributed by atoms with Crippen LogP contribution in [0.15, 0.2) is 42.5 Å². The zero-order chi connectivity index (χ0) is 15.4. The monoisotopic (exact) mass is 284 g/mol. The Morgan fingerprint density at radius 2 is 1.67 bits per heavy atom. The summed E-state index contributed by atoms with van der Waals surface area (Å²) in [6.07, 6.45) is 0.0857. The second-order valence-corrected chi connectivity index (χ2v) is 5.61. The summed E-state index contributed by atoms with van der Waals surface area (Å²) in [4.78, 5) is 0. The van der Waals surface area contributed by atoms with Crippen LogP contribution >= 0.6 is 0 Å². The van der Waals surface area contributed by atoms with Crippen molar-refractivity contribution in [2.24, 2.45) is 0 Å². The highest BCUT2D eigenvalue weighted by Crippen LogP contribution is 2.24. The summed E-state index contributed by atoms with van der Waals surface area (Å²) in [5.41, 5.74) is 4.60. The maximum Gasteiger partial charge on any atom is 0.126 e. The lowest BCUT2D eigenvalue weighted by molar-refractivity contribution is 0.0467. The second kappa shape index (κ2) is 6.77. The molecular weight excluding hydrogens is 260 g/mol. The SMILES string of the molecule is CCc1ccc(C(O)C(C)Oc2ccc(C)c(C)c2)cc1. The second-order valence-electron chi connectivity index (χ2n) is 5.61. The molecule has 2 unspecified atom stereocenters. The molecule has 112 valence electrons. The highest BCUT2D eigenvalue weighted by molar-refractivity contribution is 5.34. The van der Waals surface area contributed by atoms with E-state index in [9.17, 15) is 5.11 Å². The summed E-state index contributed by atoms with van der Waals surface area (Å²) in [6.45, 7) is 8.16. The lowest BCUT2D eigenvalue weighted by atomic mass is 10.0. The molecule has 2 heteroatoms. The van der Waals surface area contributed by atoms with Crippen molar-refractivity contribution in [1.82, 2.24) is 0 Å². The molecule has 0 aliphatic heterocycles. The maximum atomic E-state index is 10.4. The minimum absolute atomic E-state index is 0.292. The number of rotatable bonds is 5. The van der Waals surface area contributed by atoms with Crippen molar-refractivity contribution in [2.45, 2.75) is 46.3 Å². The van der Waals surface area contributed by atoms with Gasteiger partial charge in [0.25, 0.3) is 0 Å². The number of aryl methyl sites for hydroxylation is 3. The van der Waals surface area contributed by atoms with Crippen LogP contribution in [0.3, 0.4) is 0 Å².